The number of alkyl halides is 1. The van der Waals surface area contributed by atoms with E-state index in [1.54, 1.807) is 0 Å². The SMILES string of the molecule is Cc1cccc(CC(CBr)Cc2cnn(C)c2)c1. The van der Waals surface area contributed by atoms with Crippen LogP contribution in [0.15, 0.2) is 36.7 Å². The predicted molar refractivity (Wildman–Crippen MR) is 79.1 cm³/mol. The van der Waals surface area contributed by atoms with Gasteiger partial charge in [0.2, 0.25) is 0 Å². The number of halogens is 1. The maximum absolute atomic E-state index is 4.23. The molecule has 0 aliphatic heterocycles. The highest BCUT2D eigenvalue weighted by atomic mass is 79.9. The molecule has 1 aromatic carbocycles. The van der Waals surface area contributed by atoms with Gasteiger partial charge in [0.05, 0.1) is 6.20 Å². The molecule has 3 heteroatoms. The fourth-order valence-corrected chi connectivity index (χ4v) is 2.72. The smallest absolute Gasteiger partial charge is 0.0521 e. The van der Waals surface area contributed by atoms with Gasteiger partial charge in [0.1, 0.15) is 0 Å². The summed E-state index contributed by atoms with van der Waals surface area (Å²) in [7, 11) is 1.97. The lowest BCUT2D eigenvalue weighted by molar-refractivity contribution is 0.590. The first-order valence-corrected chi connectivity index (χ1v) is 7.38. The van der Waals surface area contributed by atoms with Gasteiger partial charge < -0.3 is 0 Å². The zero-order valence-electron chi connectivity index (χ0n) is 10.9. The van der Waals surface area contributed by atoms with E-state index < -0.39 is 0 Å². The average Bonchev–Trinajstić information content (AvgIpc) is 2.74. The Balaban J connectivity index is 2.01. The second-order valence-corrected chi connectivity index (χ2v) is 5.59. The zero-order valence-corrected chi connectivity index (χ0v) is 12.5. The molecule has 0 aliphatic rings. The standard InChI is InChI=1S/C15H19BrN2/c1-12-4-3-5-13(6-12)7-14(9-16)8-15-10-17-18(2)11-15/h3-6,10-11,14H,7-9H2,1-2H3. The van der Waals surface area contributed by atoms with Crippen LogP contribution in [0.5, 0.6) is 0 Å². The van der Waals surface area contributed by atoms with Crippen LogP contribution in [0.4, 0.5) is 0 Å². The Hall–Kier alpha value is -1.09. The number of aryl methyl sites for hydroxylation is 2. The first-order chi connectivity index (χ1) is 8.67. The van der Waals surface area contributed by atoms with Crippen molar-refractivity contribution in [1.29, 1.82) is 0 Å². The maximum atomic E-state index is 4.23. The van der Waals surface area contributed by atoms with Crippen LogP contribution in [0.1, 0.15) is 16.7 Å². The molecule has 0 bridgehead atoms. The minimum Gasteiger partial charge on any atom is -0.276 e. The van der Waals surface area contributed by atoms with Gasteiger partial charge in [-0.05, 0) is 36.8 Å². The molecular formula is C15H19BrN2. The molecule has 1 aromatic heterocycles. The minimum absolute atomic E-state index is 0.621. The van der Waals surface area contributed by atoms with Gasteiger partial charge in [0.15, 0.2) is 0 Å². The Morgan fingerprint density at radius 3 is 2.67 bits per heavy atom. The summed E-state index contributed by atoms with van der Waals surface area (Å²) in [5, 5.41) is 5.25. The predicted octanol–water partition coefficient (Wildman–Crippen LogP) is 3.52. The van der Waals surface area contributed by atoms with E-state index in [0.29, 0.717) is 5.92 Å². The first-order valence-electron chi connectivity index (χ1n) is 6.26. The summed E-state index contributed by atoms with van der Waals surface area (Å²) < 4.78 is 1.87. The van der Waals surface area contributed by atoms with Crippen molar-refractivity contribution in [3.8, 4) is 0 Å². The van der Waals surface area contributed by atoms with Crippen molar-refractivity contribution < 1.29 is 0 Å². The highest BCUT2D eigenvalue weighted by Crippen LogP contribution is 2.17. The Kier molecular flexibility index (Phi) is 4.59. The third kappa shape index (κ3) is 3.70. The lowest BCUT2D eigenvalue weighted by Gasteiger charge is -2.13. The number of aromatic nitrogens is 2. The van der Waals surface area contributed by atoms with Crippen molar-refractivity contribution in [2.24, 2.45) is 13.0 Å². The Bertz CT molecular complexity index is 505. The van der Waals surface area contributed by atoms with Crippen molar-refractivity contribution >= 4 is 15.9 Å². The molecule has 0 spiro atoms. The van der Waals surface area contributed by atoms with E-state index in [4.69, 9.17) is 0 Å². The molecule has 0 saturated carbocycles. The summed E-state index contributed by atoms with van der Waals surface area (Å²) >= 11 is 3.63. The van der Waals surface area contributed by atoms with Crippen molar-refractivity contribution in [2.75, 3.05) is 5.33 Å². The van der Waals surface area contributed by atoms with Crippen LogP contribution in [0.2, 0.25) is 0 Å². The van der Waals surface area contributed by atoms with Crippen LogP contribution in [-0.2, 0) is 19.9 Å². The van der Waals surface area contributed by atoms with Gasteiger partial charge >= 0.3 is 0 Å². The largest absolute Gasteiger partial charge is 0.276 e. The molecule has 0 fully saturated rings. The fraction of sp³-hybridized carbons (Fsp3) is 0.400. The van der Waals surface area contributed by atoms with E-state index in [-0.39, 0.29) is 0 Å². The third-order valence-corrected chi connectivity index (χ3v) is 4.02. The molecule has 18 heavy (non-hydrogen) atoms. The molecule has 2 rings (SSSR count). The van der Waals surface area contributed by atoms with E-state index in [1.807, 2.05) is 17.9 Å². The molecule has 1 unspecified atom stereocenters. The fourth-order valence-electron chi connectivity index (χ4n) is 2.26. The molecule has 0 N–H and O–H groups in total. The van der Waals surface area contributed by atoms with Crippen molar-refractivity contribution in [3.63, 3.8) is 0 Å². The van der Waals surface area contributed by atoms with E-state index in [2.05, 4.69) is 58.4 Å². The monoisotopic (exact) mass is 306 g/mol. The van der Waals surface area contributed by atoms with Crippen LogP contribution in [0.25, 0.3) is 0 Å². The van der Waals surface area contributed by atoms with Crippen LogP contribution < -0.4 is 0 Å². The van der Waals surface area contributed by atoms with Gasteiger partial charge in [0, 0.05) is 18.6 Å². The van der Waals surface area contributed by atoms with Crippen molar-refractivity contribution in [2.45, 2.75) is 19.8 Å². The average molecular weight is 307 g/mol. The lowest BCUT2D eigenvalue weighted by Crippen LogP contribution is -2.09. The zero-order chi connectivity index (χ0) is 13.0. The number of rotatable bonds is 5. The van der Waals surface area contributed by atoms with Gasteiger partial charge in [-0.1, -0.05) is 45.8 Å². The highest BCUT2D eigenvalue weighted by Gasteiger charge is 2.10. The second kappa shape index (κ2) is 6.19. The molecule has 0 aliphatic carbocycles. The number of benzene rings is 1. The van der Waals surface area contributed by atoms with Crippen molar-refractivity contribution in [3.05, 3.63) is 53.3 Å². The van der Waals surface area contributed by atoms with Crippen LogP contribution in [0, 0.1) is 12.8 Å². The molecule has 96 valence electrons. The van der Waals surface area contributed by atoms with Gasteiger partial charge in [-0.3, -0.25) is 4.68 Å². The quantitative estimate of drug-likeness (QED) is 0.773. The molecule has 1 heterocycles. The van der Waals surface area contributed by atoms with Gasteiger partial charge in [-0.2, -0.15) is 5.10 Å². The van der Waals surface area contributed by atoms with E-state index in [1.165, 1.54) is 16.7 Å². The second-order valence-electron chi connectivity index (χ2n) is 4.94. The normalized spacial score (nSPS) is 12.6. The Morgan fingerprint density at radius 1 is 1.28 bits per heavy atom. The summed E-state index contributed by atoms with van der Waals surface area (Å²) in [4.78, 5) is 0. The summed E-state index contributed by atoms with van der Waals surface area (Å²) in [6.45, 7) is 2.15. The molecule has 1 atom stereocenters. The van der Waals surface area contributed by atoms with E-state index >= 15 is 0 Å². The van der Waals surface area contributed by atoms with E-state index in [0.717, 1.165) is 18.2 Å². The summed E-state index contributed by atoms with van der Waals surface area (Å²) in [6.07, 6.45) is 6.26. The number of hydrogen-bond acceptors (Lipinski definition) is 1. The van der Waals surface area contributed by atoms with Gasteiger partial charge in [-0.15, -0.1) is 0 Å². The van der Waals surface area contributed by atoms with Gasteiger partial charge in [-0.25, -0.2) is 0 Å². The van der Waals surface area contributed by atoms with Gasteiger partial charge in [0.25, 0.3) is 0 Å². The highest BCUT2D eigenvalue weighted by molar-refractivity contribution is 9.09. The van der Waals surface area contributed by atoms with Crippen LogP contribution in [0.3, 0.4) is 0 Å². The summed E-state index contributed by atoms with van der Waals surface area (Å²) in [5.41, 5.74) is 4.07. The molecule has 0 radical (unpaired) electrons. The molecular weight excluding hydrogens is 288 g/mol. The molecule has 0 amide bonds. The number of hydrogen-bond donors (Lipinski definition) is 0. The maximum Gasteiger partial charge on any atom is 0.0521 e. The molecule has 2 nitrogen and oxygen atoms in total. The minimum atomic E-state index is 0.621. The third-order valence-electron chi connectivity index (χ3n) is 3.11. The Morgan fingerprint density at radius 2 is 2.06 bits per heavy atom. The first kappa shape index (κ1) is 13.3. The summed E-state index contributed by atoms with van der Waals surface area (Å²) in [6, 6.07) is 8.78. The van der Waals surface area contributed by atoms with E-state index in [9.17, 15) is 0 Å². The Labute approximate surface area is 117 Å². The molecule has 2 aromatic rings. The van der Waals surface area contributed by atoms with Crippen molar-refractivity contribution in [1.82, 2.24) is 9.78 Å². The number of nitrogens with zero attached hydrogens (tertiary/aromatic N) is 2. The summed E-state index contributed by atoms with van der Waals surface area (Å²) in [5.74, 6) is 0.621. The van der Waals surface area contributed by atoms with Crippen LogP contribution >= 0.6 is 15.9 Å². The topological polar surface area (TPSA) is 17.8 Å². The lowest BCUT2D eigenvalue weighted by atomic mass is 9.95. The molecule has 0 saturated heterocycles. The van der Waals surface area contributed by atoms with Crippen LogP contribution in [-0.4, -0.2) is 15.1 Å².